The van der Waals surface area contributed by atoms with Crippen molar-refractivity contribution in [2.75, 3.05) is 13.2 Å². The van der Waals surface area contributed by atoms with Crippen LogP contribution in [0, 0.1) is 17.8 Å². The highest BCUT2D eigenvalue weighted by molar-refractivity contribution is 5.71. The standard InChI is InChI=1S/C51H98O6/c1-7-47(6)39-33-27-21-15-9-11-16-22-28-34-40-49(52)55-43-48(44-56-50(53)41-35-29-23-18-12-14-20-26-32-38-46(4)5)57-51(54)42-36-30-24-17-10-8-13-19-25-31-37-45(2)3/h45-48H,7-44H2,1-6H3/t47?,48-/m0/s1. The lowest BCUT2D eigenvalue weighted by atomic mass is 9.99. The van der Waals surface area contributed by atoms with E-state index in [1.807, 2.05) is 0 Å². The number of rotatable bonds is 44. The second kappa shape index (κ2) is 42.5. The summed E-state index contributed by atoms with van der Waals surface area (Å²) in [7, 11) is 0. The van der Waals surface area contributed by atoms with E-state index in [1.54, 1.807) is 0 Å². The summed E-state index contributed by atoms with van der Waals surface area (Å²) in [5.41, 5.74) is 0. The zero-order chi connectivity index (χ0) is 42.0. The van der Waals surface area contributed by atoms with Gasteiger partial charge in [0.15, 0.2) is 6.10 Å². The van der Waals surface area contributed by atoms with E-state index < -0.39 is 6.10 Å². The van der Waals surface area contributed by atoms with Gasteiger partial charge in [-0.15, -0.1) is 0 Å². The third kappa shape index (κ3) is 43.8. The summed E-state index contributed by atoms with van der Waals surface area (Å²) in [5.74, 6) is 1.64. The van der Waals surface area contributed by atoms with Crippen LogP contribution in [-0.2, 0) is 28.6 Å². The lowest BCUT2D eigenvalue weighted by Gasteiger charge is -2.18. The van der Waals surface area contributed by atoms with Crippen molar-refractivity contribution in [3.05, 3.63) is 0 Å². The van der Waals surface area contributed by atoms with E-state index in [9.17, 15) is 14.4 Å². The summed E-state index contributed by atoms with van der Waals surface area (Å²) in [5, 5.41) is 0. The molecule has 0 saturated heterocycles. The van der Waals surface area contributed by atoms with E-state index in [-0.39, 0.29) is 31.1 Å². The Bertz CT molecular complexity index is 885. The first-order valence-corrected chi connectivity index (χ1v) is 25.1. The number of carbonyl (C=O) groups is 3. The molecule has 0 radical (unpaired) electrons. The van der Waals surface area contributed by atoms with E-state index in [2.05, 4.69) is 41.5 Å². The monoisotopic (exact) mass is 807 g/mol. The minimum Gasteiger partial charge on any atom is -0.462 e. The van der Waals surface area contributed by atoms with Gasteiger partial charge in [0, 0.05) is 19.3 Å². The van der Waals surface area contributed by atoms with Crippen LogP contribution in [0.4, 0.5) is 0 Å². The van der Waals surface area contributed by atoms with Crippen molar-refractivity contribution in [2.24, 2.45) is 17.8 Å². The van der Waals surface area contributed by atoms with Crippen LogP contribution in [0.15, 0.2) is 0 Å². The van der Waals surface area contributed by atoms with Crippen molar-refractivity contribution in [3.8, 4) is 0 Å². The van der Waals surface area contributed by atoms with Crippen LogP contribution in [-0.4, -0.2) is 37.2 Å². The van der Waals surface area contributed by atoms with Gasteiger partial charge in [-0.3, -0.25) is 14.4 Å². The summed E-state index contributed by atoms with van der Waals surface area (Å²) in [6, 6.07) is 0. The second-order valence-corrected chi connectivity index (χ2v) is 18.6. The van der Waals surface area contributed by atoms with Crippen LogP contribution in [0.2, 0.25) is 0 Å². The van der Waals surface area contributed by atoms with Gasteiger partial charge in [-0.2, -0.15) is 0 Å². The number of esters is 3. The lowest BCUT2D eigenvalue weighted by molar-refractivity contribution is -0.167. The topological polar surface area (TPSA) is 78.9 Å². The predicted octanol–water partition coefficient (Wildman–Crippen LogP) is 16.0. The van der Waals surface area contributed by atoms with Crippen LogP contribution >= 0.6 is 0 Å². The van der Waals surface area contributed by atoms with Crippen LogP contribution < -0.4 is 0 Å². The Balaban J connectivity index is 4.34. The van der Waals surface area contributed by atoms with Gasteiger partial charge in [-0.25, -0.2) is 0 Å². The molecule has 0 rings (SSSR count). The molecule has 0 aromatic rings. The Morgan fingerprint density at radius 1 is 0.351 bits per heavy atom. The Labute approximate surface area is 355 Å². The summed E-state index contributed by atoms with van der Waals surface area (Å²) in [6.07, 6.45) is 40.8. The molecule has 0 heterocycles. The fourth-order valence-corrected chi connectivity index (χ4v) is 7.55. The molecule has 0 aliphatic rings. The fraction of sp³-hybridized carbons (Fsp3) is 0.941. The number of unbranched alkanes of at least 4 members (excludes halogenated alkanes) is 26. The van der Waals surface area contributed by atoms with Crippen molar-refractivity contribution in [2.45, 2.75) is 279 Å². The summed E-state index contributed by atoms with van der Waals surface area (Å²) < 4.78 is 16.8. The molecular formula is C51H98O6. The quantitative estimate of drug-likeness (QED) is 0.0347. The molecule has 0 N–H and O–H groups in total. The van der Waals surface area contributed by atoms with Gasteiger partial charge in [0.25, 0.3) is 0 Å². The van der Waals surface area contributed by atoms with Gasteiger partial charge >= 0.3 is 17.9 Å². The van der Waals surface area contributed by atoms with Crippen LogP contribution in [0.3, 0.4) is 0 Å². The van der Waals surface area contributed by atoms with Crippen LogP contribution in [0.5, 0.6) is 0 Å². The highest BCUT2D eigenvalue weighted by Gasteiger charge is 2.19. The average Bonchev–Trinajstić information content (AvgIpc) is 3.18. The van der Waals surface area contributed by atoms with Gasteiger partial charge in [0.1, 0.15) is 13.2 Å². The van der Waals surface area contributed by atoms with E-state index >= 15 is 0 Å². The maximum atomic E-state index is 12.8. The molecule has 6 heteroatoms. The van der Waals surface area contributed by atoms with Crippen molar-refractivity contribution in [1.82, 2.24) is 0 Å². The largest absolute Gasteiger partial charge is 0.462 e. The second-order valence-electron chi connectivity index (χ2n) is 18.6. The number of ether oxygens (including phenoxy) is 3. The van der Waals surface area contributed by atoms with Gasteiger partial charge in [-0.05, 0) is 37.0 Å². The van der Waals surface area contributed by atoms with E-state index in [4.69, 9.17) is 14.2 Å². The molecule has 0 aliphatic heterocycles. The van der Waals surface area contributed by atoms with Crippen molar-refractivity contribution >= 4 is 17.9 Å². The van der Waals surface area contributed by atoms with Gasteiger partial charge in [-0.1, -0.05) is 234 Å². The number of hydrogen-bond acceptors (Lipinski definition) is 6. The van der Waals surface area contributed by atoms with E-state index in [1.165, 1.54) is 154 Å². The molecule has 0 bridgehead atoms. The van der Waals surface area contributed by atoms with Gasteiger partial charge in [0.05, 0.1) is 0 Å². The molecule has 2 atom stereocenters. The normalized spacial score (nSPS) is 12.6. The van der Waals surface area contributed by atoms with Crippen molar-refractivity contribution in [1.29, 1.82) is 0 Å². The Morgan fingerprint density at radius 3 is 0.912 bits per heavy atom. The maximum Gasteiger partial charge on any atom is 0.306 e. The minimum atomic E-state index is -0.762. The minimum absolute atomic E-state index is 0.0653. The van der Waals surface area contributed by atoms with Gasteiger partial charge in [0.2, 0.25) is 0 Å². The molecule has 338 valence electrons. The SMILES string of the molecule is CCC(C)CCCCCCCCCCCCC(=O)OC[C@@H](COC(=O)CCCCCCCCCCCC(C)C)OC(=O)CCCCCCCCCCCCC(C)C. The third-order valence-electron chi connectivity index (χ3n) is 11.8. The first-order valence-electron chi connectivity index (χ1n) is 25.1. The predicted molar refractivity (Wildman–Crippen MR) is 243 cm³/mol. The molecule has 6 nitrogen and oxygen atoms in total. The Morgan fingerprint density at radius 2 is 0.614 bits per heavy atom. The average molecular weight is 807 g/mol. The van der Waals surface area contributed by atoms with E-state index in [0.29, 0.717) is 19.3 Å². The van der Waals surface area contributed by atoms with Crippen molar-refractivity contribution in [3.63, 3.8) is 0 Å². The Kier molecular flexibility index (Phi) is 41.3. The molecule has 0 aromatic heterocycles. The molecule has 0 saturated carbocycles. The molecule has 57 heavy (non-hydrogen) atoms. The van der Waals surface area contributed by atoms with Crippen LogP contribution in [0.25, 0.3) is 0 Å². The lowest BCUT2D eigenvalue weighted by Crippen LogP contribution is -2.30. The fourth-order valence-electron chi connectivity index (χ4n) is 7.55. The zero-order valence-electron chi connectivity index (χ0n) is 39.1. The first kappa shape index (κ1) is 55.4. The van der Waals surface area contributed by atoms with Gasteiger partial charge < -0.3 is 14.2 Å². The highest BCUT2D eigenvalue weighted by atomic mass is 16.6. The van der Waals surface area contributed by atoms with Crippen molar-refractivity contribution < 1.29 is 28.6 Å². The van der Waals surface area contributed by atoms with E-state index in [0.717, 1.165) is 75.5 Å². The number of carbonyl (C=O) groups excluding carboxylic acids is 3. The zero-order valence-corrected chi connectivity index (χ0v) is 39.1. The summed E-state index contributed by atoms with van der Waals surface area (Å²) in [6.45, 7) is 13.7. The molecule has 0 aromatic carbocycles. The highest BCUT2D eigenvalue weighted by Crippen LogP contribution is 2.18. The Hall–Kier alpha value is -1.59. The molecule has 1 unspecified atom stereocenters. The molecule has 0 aliphatic carbocycles. The summed E-state index contributed by atoms with van der Waals surface area (Å²) >= 11 is 0. The molecule has 0 fully saturated rings. The number of hydrogen-bond donors (Lipinski definition) is 0. The molecule has 0 spiro atoms. The summed E-state index contributed by atoms with van der Waals surface area (Å²) in [4.78, 5) is 37.9. The smallest absolute Gasteiger partial charge is 0.306 e. The van der Waals surface area contributed by atoms with Crippen LogP contribution in [0.1, 0.15) is 273 Å². The first-order chi connectivity index (χ1) is 27.6. The molecule has 0 amide bonds. The molecular weight excluding hydrogens is 709 g/mol. The maximum absolute atomic E-state index is 12.8. The third-order valence-corrected chi connectivity index (χ3v) is 11.8.